The molecule has 0 unspecified atom stereocenters. The number of ether oxygens (including phenoxy) is 1. The first-order chi connectivity index (χ1) is 8.65. The van der Waals surface area contributed by atoms with Crippen LogP contribution in [0.25, 0.3) is 10.9 Å². The summed E-state index contributed by atoms with van der Waals surface area (Å²) in [5, 5.41) is 0.00739. The lowest BCUT2D eigenvalue weighted by Crippen LogP contribution is -2.14. The monoisotopic (exact) mass is 313 g/mol. The maximum atomic E-state index is 13.7. The average Bonchev–Trinajstić information content (AvgIpc) is 2.36. The number of benzene rings is 1. The molecule has 0 aliphatic heterocycles. The number of aromatic nitrogens is 1. The molecule has 4 nitrogen and oxygen atoms in total. The summed E-state index contributed by atoms with van der Waals surface area (Å²) in [7, 11) is 0. The fraction of sp³-hybridized carbons (Fsp3) is 0.167. The topological polar surface area (TPSA) is 59.2 Å². The zero-order valence-electron chi connectivity index (χ0n) is 9.20. The van der Waals surface area contributed by atoms with Gasteiger partial charge in [-0.05, 0) is 28.1 Å². The van der Waals surface area contributed by atoms with Gasteiger partial charge in [-0.25, -0.2) is 4.39 Å². The van der Waals surface area contributed by atoms with Crippen LogP contribution in [0, 0.1) is 5.82 Å². The molecule has 0 saturated carbocycles. The molecule has 1 N–H and O–H groups in total. The van der Waals surface area contributed by atoms with Gasteiger partial charge in [-0.15, -0.1) is 0 Å². The Balaban J connectivity index is 2.53. The molecule has 94 valence electrons. The molecule has 1 aromatic heterocycles. The van der Waals surface area contributed by atoms with Gasteiger partial charge in [0.05, 0.1) is 17.5 Å². The predicted molar refractivity (Wildman–Crippen MR) is 67.9 cm³/mol. The third-order valence-electron chi connectivity index (χ3n) is 2.57. The number of fused-ring (bicyclic) bond motifs is 1. The Morgan fingerprint density at radius 3 is 2.94 bits per heavy atom. The van der Waals surface area contributed by atoms with Gasteiger partial charge in [0.25, 0.3) is 6.47 Å². The Morgan fingerprint density at radius 1 is 1.44 bits per heavy atom. The van der Waals surface area contributed by atoms with E-state index in [0.29, 0.717) is 22.0 Å². The Hall–Kier alpha value is -1.69. The molecule has 0 atom stereocenters. The van der Waals surface area contributed by atoms with Gasteiger partial charge in [0.2, 0.25) is 0 Å². The molecular weight excluding hydrogens is 305 g/mol. The summed E-state index contributed by atoms with van der Waals surface area (Å²) in [4.78, 5) is 25.0. The van der Waals surface area contributed by atoms with E-state index < -0.39 is 11.2 Å². The molecule has 0 bridgehead atoms. The second-order valence-electron chi connectivity index (χ2n) is 3.64. The van der Waals surface area contributed by atoms with E-state index in [1.165, 1.54) is 18.3 Å². The summed E-state index contributed by atoms with van der Waals surface area (Å²) >= 11 is 3.25. The van der Waals surface area contributed by atoms with Crippen molar-refractivity contribution >= 4 is 33.3 Å². The molecule has 2 aromatic rings. The first-order valence-corrected chi connectivity index (χ1v) is 5.98. The largest absolute Gasteiger partial charge is 0.468 e. The molecule has 0 aliphatic rings. The number of H-pyrrole nitrogens is 1. The maximum Gasteiger partial charge on any atom is 0.293 e. The minimum atomic E-state index is -0.576. The SMILES string of the molecule is O=COCCc1c[nH]c2c(Br)ccc(F)c2c1=O. The van der Waals surface area contributed by atoms with Crippen molar-refractivity contribution in [3.05, 3.63) is 44.4 Å². The lowest BCUT2D eigenvalue weighted by Gasteiger charge is -2.05. The minimum Gasteiger partial charge on any atom is -0.468 e. The summed E-state index contributed by atoms with van der Waals surface area (Å²) in [6.45, 7) is 0.403. The van der Waals surface area contributed by atoms with Gasteiger partial charge in [-0.1, -0.05) is 0 Å². The maximum absolute atomic E-state index is 13.7. The molecule has 0 saturated heterocycles. The van der Waals surface area contributed by atoms with Crippen LogP contribution in [0.4, 0.5) is 4.39 Å². The number of aromatic amines is 1. The zero-order valence-corrected chi connectivity index (χ0v) is 10.8. The second-order valence-corrected chi connectivity index (χ2v) is 4.49. The first-order valence-electron chi connectivity index (χ1n) is 5.18. The van der Waals surface area contributed by atoms with Crippen LogP contribution in [-0.2, 0) is 16.0 Å². The van der Waals surface area contributed by atoms with Crippen LogP contribution < -0.4 is 5.43 Å². The molecule has 6 heteroatoms. The van der Waals surface area contributed by atoms with Crippen LogP contribution in [0.15, 0.2) is 27.6 Å². The Kier molecular flexibility index (Phi) is 3.76. The quantitative estimate of drug-likeness (QED) is 0.695. The summed E-state index contributed by atoms with van der Waals surface area (Å²) < 4.78 is 18.8. The molecule has 0 amide bonds. The number of halogens is 2. The van der Waals surface area contributed by atoms with Gasteiger partial charge < -0.3 is 9.72 Å². The fourth-order valence-corrected chi connectivity index (χ4v) is 2.15. The van der Waals surface area contributed by atoms with Crippen molar-refractivity contribution in [3.8, 4) is 0 Å². The van der Waals surface area contributed by atoms with Crippen LogP contribution in [-0.4, -0.2) is 18.1 Å². The third kappa shape index (κ3) is 2.28. The Labute approximate surface area is 110 Å². The molecule has 0 spiro atoms. The van der Waals surface area contributed by atoms with E-state index in [0.717, 1.165) is 0 Å². The number of hydrogen-bond acceptors (Lipinski definition) is 3. The molecule has 2 rings (SSSR count). The van der Waals surface area contributed by atoms with E-state index in [2.05, 4.69) is 25.7 Å². The highest BCUT2D eigenvalue weighted by atomic mass is 79.9. The van der Waals surface area contributed by atoms with Crippen molar-refractivity contribution in [2.75, 3.05) is 6.61 Å². The lowest BCUT2D eigenvalue weighted by atomic mass is 10.1. The number of carbonyl (C=O) groups is 1. The van der Waals surface area contributed by atoms with Gasteiger partial charge in [0.15, 0.2) is 5.43 Å². The Bertz CT molecular complexity index is 654. The lowest BCUT2D eigenvalue weighted by molar-refractivity contribution is -0.128. The molecule has 0 radical (unpaired) electrons. The highest BCUT2D eigenvalue weighted by molar-refractivity contribution is 9.10. The minimum absolute atomic E-state index is 0.00739. The van der Waals surface area contributed by atoms with Crippen LogP contribution in [0.2, 0.25) is 0 Å². The van der Waals surface area contributed by atoms with Crippen LogP contribution in [0.5, 0.6) is 0 Å². The summed E-state index contributed by atoms with van der Waals surface area (Å²) in [5.41, 5.74) is 0.401. The van der Waals surface area contributed by atoms with Crippen molar-refractivity contribution in [2.24, 2.45) is 0 Å². The third-order valence-corrected chi connectivity index (χ3v) is 3.23. The van der Waals surface area contributed by atoms with Crippen LogP contribution >= 0.6 is 15.9 Å². The van der Waals surface area contributed by atoms with E-state index in [9.17, 15) is 14.0 Å². The second kappa shape index (κ2) is 5.30. The van der Waals surface area contributed by atoms with Crippen molar-refractivity contribution in [2.45, 2.75) is 6.42 Å². The van der Waals surface area contributed by atoms with E-state index in [-0.39, 0.29) is 18.4 Å². The predicted octanol–water partition coefficient (Wildman–Crippen LogP) is 2.15. The molecule has 1 heterocycles. The molecule has 1 aromatic carbocycles. The number of hydrogen-bond donors (Lipinski definition) is 1. The smallest absolute Gasteiger partial charge is 0.293 e. The summed E-state index contributed by atoms with van der Waals surface area (Å²) in [6, 6.07) is 2.76. The van der Waals surface area contributed by atoms with Gasteiger partial charge in [0, 0.05) is 22.7 Å². The van der Waals surface area contributed by atoms with Crippen molar-refractivity contribution < 1.29 is 13.9 Å². The summed E-state index contributed by atoms with van der Waals surface area (Å²) in [6.07, 6.45) is 1.75. The van der Waals surface area contributed by atoms with Crippen LogP contribution in [0.3, 0.4) is 0 Å². The first kappa shape index (κ1) is 12.8. The van der Waals surface area contributed by atoms with E-state index in [1.807, 2.05) is 0 Å². The molecule has 0 aliphatic carbocycles. The van der Waals surface area contributed by atoms with Crippen molar-refractivity contribution in [1.82, 2.24) is 4.98 Å². The summed E-state index contributed by atoms with van der Waals surface area (Å²) in [5.74, 6) is -0.576. The van der Waals surface area contributed by atoms with E-state index in [4.69, 9.17) is 0 Å². The number of nitrogens with one attached hydrogen (secondary N) is 1. The Morgan fingerprint density at radius 2 is 2.22 bits per heavy atom. The van der Waals surface area contributed by atoms with E-state index >= 15 is 0 Å². The van der Waals surface area contributed by atoms with E-state index in [1.54, 1.807) is 0 Å². The number of rotatable bonds is 4. The number of carbonyl (C=O) groups excluding carboxylic acids is 1. The van der Waals surface area contributed by atoms with Gasteiger partial charge >= 0.3 is 0 Å². The van der Waals surface area contributed by atoms with Gasteiger partial charge in [0.1, 0.15) is 5.82 Å². The van der Waals surface area contributed by atoms with Crippen LogP contribution in [0.1, 0.15) is 5.56 Å². The number of pyridine rings is 1. The molecule has 18 heavy (non-hydrogen) atoms. The molecular formula is C12H9BrFNO3. The van der Waals surface area contributed by atoms with Gasteiger partial charge in [-0.2, -0.15) is 0 Å². The average molecular weight is 314 g/mol. The normalized spacial score (nSPS) is 10.6. The zero-order chi connectivity index (χ0) is 13.1. The molecule has 0 fully saturated rings. The van der Waals surface area contributed by atoms with Crippen molar-refractivity contribution in [1.29, 1.82) is 0 Å². The van der Waals surface area contributed by atoms with Crippen molar-refractivity contribution in [3.63, 3.8) is 0 Å². The van der Waals surface area contributed by atoms with Gasteiger partial charge in [-0.3, -0.25) is 9.59 Å². The fourth-order valence-electron chi connectivity index (χ4n) is 1.70. The highest BCUT2D eigenvalue weighted by Crippen LogP contribution is 2.22. The standard InChI is InChI=1S/C12H9BrFNO3/c13-8-1-2-9(14)10-11(8)15-5-7(12(10)17)3-4-18-6-16/h1-2,5-6H,3-4H2,(H,15,17). The highest BCUT2D eigenvalue weighted by Gasteiger charge is 2.11.